The molecule has 29 heavy (non-hydrogen) atoms. The first-order valence-electron chi connectivity index (χ1n) is 8.21. The van der Waals surface area contributed by atoms with Gasteiger partial charge >= 0.3 is 11.4 Å². The van der Waals surface area contributed by atoms with Crippen molar-refractivity contribution in [3.8, 4) is 23.5 Å². The van der Waals surface area contributed by atoms with Crippen LogP contribution in [0.15, 0.2) is 33.9 Å². The number of methoxy groups -OCH3 is 2. The molecule has 0 bridgehead atoms. The standard InChI is InChI=1S/C17H13N5O7/c1-27-12-10-9(7-4-3-5-8(6-7)22(25)26)11-13(28-2)19-17(24)21-15(11)29-14(10)20-16(23)18-12/h3-6,9H,1-2H3,(H,18,20,23)(H,19,21,24). The lowest BCUT2D eigenvalue weighted by atomic mass is 9.85. The van der Waals surface area contributed by atoms with Gasteiger partial charge in [-0.3, -0.25) is 20.1 Å². The Balaban J connectivity index is 2.09. The van der Waals surface area contributed by atoms with Gasteiger partial charge in [0.1, 0.15) is 0 Å². The second-order valence-corrected chi connectivity index (χ2v) is 5.98. The van der Waals surface area contributed by atoms with E-state index in [1.54, 1.807) is 6.07 Å². The van der Waals surface area contributed by atoms with Crippen LogP contribution in [-0.2, 0) is 0 Å². The van der Waals surface area contributed by atoms with Crippen molar-refractivity contribution in [2.75, 3.05) is 14.2 Å². The van der Waals surface area contributed by atoms with Gasteiger partial charge in [-0.2, -0.15) is 9.97 Å². The van der Waals surface area contributed by atoms with Crippen molar-refractivity contribution in [3.63, 3.8) is 0 Å². The molecule has 0 aliphatic carbocycles. The molecule has 0 saturated carbocycles. The third-order valence-electron chi connectivity index (χ3n) is 4.38. The number of benzene rings is 1. The van der Waals surface area contributed by atoms with Crippen molar-refractivity contribution >= 4 is 5.69 Å². The van der Waals surface area contributed by atoms with E-state index in [2.05, 4.69) is 19.9 Å². The second kappa shape index (κ2) is 6.74. The summed E-state index contributed by atoms with van der Waals surface area (Å²) in [6, 6.07) is 5.86. The zero-order chi connectivity index (χ0) is 20.7. The minimum atomic E-state index is -0.799. The molecule has 148 valence electrons. The van der Waals surface area contributed by atoms with Gasteiger partial charge in [0, 0.05) is 12.1 Å². The summed E-state index contributed by atoms with van der Waals surface area (Å²) in [4.78, 5) is 47.0. The van der Waals surface area contributed by atoms with Gasteiger partial charge in [0.2, 0.25) is 23.5 Å². The topological polar surface area (TPSA) is 162 Å². The lowest BCUT2D eigenvalue weighted by molar-refractivity contribution is -0.384. The maximum absolute atomic E-state index is 11.9. The quantitative estimate of drug-likeness (QED) is 0.377. The molecular formula is C17H13N5O7. The number of ether oxygens (including phenoxy) is 3. The number of nitrogens with zero attached hydrogens (tertiary/aromatic N) is 3. The molecule has 1 aromatic carbocycles. The molecule has 2 aromatic heterocycles. The highest BCUT2D eigenvalue weighted by Crippen LogP contribution is 2.50. The first-order chi connectivity index (χ1) is 13.9. The van der Waals surface area contributed by atoms with Gasteiger partial charge in [-0.05, 0) is 5.56 Å². The largest absolute Gasteiger partial charge is 0.481 e. The van der Waals surface area contributed by atoms with E-state index in [0.717, 1.165) is 0 Å². The normalized spacial score (nSPS) is 12.5. The van der Waals surface area contributed by atoms with Crippen LogP contribution in [0.2, 0.25) is 0 Å². The van der Waals surface area contributed by atoms with E-state index in [1.165, 1.54) is 32.4 Å². The number of aromatic amines is 2. The van der Waals surface area contributed by atoms with Crippen molar-refractivity contribution in [2.45, 2.75) is 5.92 Å². The van der Waals surface area contributed by atoms with Gasteiger partial charge < -0.3 is 14.2 Å². The van der Waals surface area contributed by atoms with Crippen LogP contribution in [0.4, 0.5) is 5.69 Å². The van der Waals surface area contributed by atoms with Gasteiger partial charge in [-0.1, -0.05) is 12.1 Å². The van der Waals surface area contributed by atoms with Crippen molar-refractivity contribution in [3.05, 3.63) is 72.0 Å². The molecule has 4 rings (SSSR count). The van der Waals surface area contributed by atoms with Crippen LogP contribution in [0.3, 0.4) is 0 Å². The van der Waals surface area contributed by atoms with Gasteiger partial charge in [-0.15, -0.1) is 0 Å². The summed E-state index contributed by atoms with van der Waals surface area (Å²) < 4.78 is 16.2. The highest BCUT2D eigenvalue weighted by Gasteiger charge is 2.38. The first-order valence-corrected chi connectivity index (χ1v) is 8.21. The number of hydrogen-bond donors (Lipinski definition) is 2. The number of nitro benzene ring substituents is 1. The summed E-state index contributed by atoms with van der Waals surface area (Å²) in [5.41, 5.74) is -0.566. The molecule has 3 heterocycles. The molecule has 1 aliphatic heterocycles. The van der Waals surface area contributed by atoms with Crippen LogP contribution in [0, 0.1) is 10.1 Å². The molecule has 0 fully saturated rings. The number of nitrogens with one attached hydrogen (secondary N) is 2. The minimum absolute atomic E-state index is 0.0187. The van der Waals surface area contributed by atoms with Gasteiger partial charge in [0.05, 0.1) is 36.2 Å². The Labute approximate surface area is 161 Å². The van der Waals surface area contributed by atoms with E-state index in [-0.39, 0.29) is 29.2 Å². The summed E-state index contributed by atoms with van der Waals surface area (Å²) in [6.45, 7) is 0. The molecule has 12 nitrogen and oxygen atoms in total. The molecule has 3 aromatic rings. The molecule has 0 atom stereocenters. The SMILES string of the molecule is COc1nc(=O)[nH]c2c1C(c1cccc([N+](=O)[O-])c1)c1c(OC)nc(=O)[nH]c1O2. The van der Waals surface area contributed by atoms with E-state index in [4.69, 9.17) is 14.2 Å². The molecule has 0 saturated heterocycles. The number of non-ortho nitro benzene ring substituents is 1. The number of fused-ring (bicyclic) bond motifs is 2. The van der Waals surface area contributed by atoms with E-state index in [0.29, 0.717) is 16.7 Å². The molecule has 0 unspecified atom stereocenters. The second-order valence-electron chi connectivity index (χ2n) is 5.98. The molecule has 2 N–H and O–H groups in total. The third kappa shape index (κ3) is 2.96. The number of aromatic nitrogens is 4. The first kappa shape index (κ1) is 18.2. The Morgan fingerprint density at radius 3 is 2.07 bits per heavy atom. The molecule has 0 amide bonds. The zero-order valence-corrected chi connectivity index (χ0v) is 15.1. The number of rotatable bonds is 4. The summed E-state index contributed by atoms with van der Waals surface area (Å²) in [6.07, 6.45) is 0. The monoisotopic (exact) mass is 399 g/mol. The van der Waals surface area contributed by atoms with Crippen molar-refractivity contribution in [1.82, 2.24) is 19.9 Å². The Morgan fingerprint density at radius 1 is 1.03 bits per heavy atom. The Morgan fingerprint density at radius 2 is 1.59 bits per heavy atom. The van der Waals surface area contributed by atoms with Crippen LogP contribution in [0.25, 0.3) is 0 Å². The fourth-order valence-electron chi connectivity index (χ4n) is 3.26. The molecule has 0 spiro atoms. The van der Waals surface area contributed by atoms with Crippen molar-refractivity contribution in [2.24, 2.45) is 0 Å². The Hall–Kier alpha value is -4.22. The average Bonchev–Trinajstić information content (AvgIpc) is 2.70. The van der Waals surface area contributed by atoms with E-state index >= 15 is 0 Å². The lowest BCUT2D eigenvalue weighted by Gasteiger charge is -2.28. The molecule has 12 heteroatoms. The summed E-state index contributed by atoms with van der Waals surface area (Å²) in [5.74, 6) is -0.921. The number of H-pyrrole nitrogens is 2. The predicted molar refractivity (Wildman–Crippen MR) is 96.9 cm³/mol. The van der Waals surface area contributed by atoms with E-state index in [9.17, 15) is 19.7 Å². The smallest absolute Gasteiger partial charge is 0.351 e. The van der Waals surface area contributed by atoms with Gasteiger partial charge in [0.15, 0.2) is 0 Å². The Kier molecular flexibility index (Phi) is 4.22. The van der Waals surface area contributed by atoms with Gasteiger partial charge in [-0.25, -0.2) is 9.59 Å². The highest BCUT2D eigenvalue weighted by molar-refractivity contribution is 5.60. The lowest BCUT2D eigenvalue weighted by Crippen LogP contribution is -2.25. The van der Waals surface area contributed by atoms with Crippen LogP contribution in [-0.4, -0.2) is 39.1 Å². The summed E-state index contributed by atoms with van der Waals surface area (Å²) >= 11 is 0. The maximum Gasteiger partial charge on any atom is 0.351 e. The van der Waals surface area contributed by atoms with E-state index < -0.39 is 22.2 Å². The van der Waals surface area contributed by atoms with Crippen LogP contribution < -0.4 is 25.6 Å². The van der Waals surface area contributed by atoms with Crippen LogP contribution in [0.1, 0.15) is 22.6 Å². The Bertz CT molecular complexity index is 1180. The van der Waals surface area contributed by atoms with Crippen LogP contribution >= 0.6 is 0 Å². The van der Waals surface area contributed by atoms with Crippen molar-refractivity contribution in [1.29, 1.82) is 0 Å². The fraction of sp³-hybridized carbons (Fsp3) is 0.176. The third-order valence-corrected chi connectivity index (χ3v) is 4.38. The summed E-state index contributed by atoms with van der Waals surface area (Å²) in [5, 5.41) is 11.3. The maximum atomic E-state index is 11.9. The van der Waals surface area contributed by atoms with E-state index in [1.807, 2.05) is 0 Å². The highest BCUT2D eigenvalue weighted by atomic mass is 16.6. The van der Waals surface area contributed by atoms with Crippen molar-refractivity contribution < 1.29 is 19.1 Å². The zero-order valence-electron chi connectivity index (χ0n) is 15.1. The van der Waals surface area contributed by atoms with Gasteiger partial charge in [0.25, 0.3) is 5.69 Å². The van der Waals surface area contributed by atoms with Crippen LogP contribution in [0.5, 0.6) is 23.5 Å². The molecular weight excluding hydrogens is 386 g/mol. The number of hydrogen-bond acceptors (Lipinski definition) is 9. The fourth-order valence-corrected chi connectivity index (χ4v) is 3.26. The summed E-state index contributed by atoms with van der Waals surface area (Å²) in [7, 11) is 2.65. The molecule has 0 radical (unpaired) electrons. The minimum Gasteiger partial charge on any atom is -0.481 e. The molecule has 1 aliphatic rings. The predicted octanol–water partition coefficient (Wildman–Crippen LogP) is 1.06. The average molecular weight is 399 g/mol. The number of nitro groups is 1.